The second-order valence-electron chi connectivity index (χ2n) is 5.33. The fourth-order valence-electron chi connectivity index (χ4n) is 2.35. The molecule has 1 N–H and O–H groups in total. The van der Waals surface area contributed by atoms with Gasteiger partial charge in [0.2, 0.25) is 5.91 Å². The quantitative estimate of drug-likeness (QED) is 0.784. The largest absolute Gasteiger partial charge is 0.464 e. The van der Waals surface area contributed by atoms with Crippen molar-refractivity contribution in [2.45, 2.75) is 25.8 Å². The zero-order valence-electron chi connectivity index (χ0n) is 13.5. The van der Waals surface area contributed by atoms with Crippen molar-refractivity contribution in [3.8, 4) is 0 Å². The monoisotopic (exact) mass is 345 g/mol. The predicted molar refractivity (Wildman–Crippen MR) is 93.9 cm³/mol. The van der Waals surface area contributed by atoms with E-state index in [4.69, 9.17) is 16.3 Å². The first-order valence-electron chi connectivity index (χ1n) is 7.83. The van der Waals surface area contributed by atoms with Gasteiger partial charge in [-0.3, -0.25) is 4.79 Å². The number of amides is 1. The smallest absolute Gasteiger partial charge is 0.328 e. The SMILES string of the molecule is CCOC(=O)[C@H](Cc1ccccc1)NC(=O)Cc1ccccc1Cl. The second kappa shape index (κ2) is 9.08. The van der Waals surface area contributed by atoms with Crippen molar-refractivity contribution in [1.29, 1.82) is 0 Å². The topological polar surface area (TPSA) is 55.4 Å². The van der Waals surface area contributed by atoms with Crippen LogP contribution >= 0.6 is 11.6 Å². The van der Waals surface area contributed by atoms with Crippen LogP contribution in [0.2, 0.25) is 5.02 Å². The van der Waals surface area contributed by atoms with Gasteiger partial charge in [0.15, 0.2) is 0 Å². The minimum absolute atomic E-state index is 0.115. The number of benzene rings is 2. The van der Waals surface area contributed by atoms with Crippen LogP contribution in [-0.2, 0) is 27.2 Å². The Morgan fingerprint density at radius 1 is 1.08 bits per heavy atom. The van der Waals surface area contributed by atoms with E-state index in [1.807, 2.05) is 36.4 Å². The molecule has 0 aliphatic carbocycles. The van der Waals surface area contributed by atoms with E-state index < -0.39 is 12.0 Å². The number of hydrogen-bond donors (Lipinski definition) is 1. The van der Waals surface area contributed by atoms with Gasteiger partial charge in [-0.1, -0.05) is 60.1 Å². The van der Waals surface area contributed by atoms with Crippen molar-refractivity contribution < 1.29 is 14.3 Å². The zero-order valence-corrected chi connectivity index (χ0v) is 14.3. The maximum atomic E-state index is 12.3. The van der Waals surface area contributed by atoms with Gasteiger partial charge >= 0.3 is 5.97 Å². The highest BCUT2D eigenvalue weighted by Crippen LogP contribution is 2.15. The van der Waals surface area contributed by atoms with Gasteiger partial charge in [-0.05, 0) is 24.1 Å². The highest BCUT2D eigenvalue weighted by Gasteiger charge is 2.22. The van der Waals surface area contributed by atoms with Crippen molar-refractivity contribution in [2.75, 3.05) is 6.61 Å². The van der Waals surface area contributed by atoms with Crippen molar-refractivity contribution in [3.63, 3.8) is 0 Å². The number of nitrogens with one attached hydrogen (secondary N) is 1. The number of carbonyl (C=O) groups excluding carboxylic acids is 2. The molecule has 0 saturated carbocycles. The third-order valence-electron chi connectivity index (χ3n) is 3.50. The zero-order chi connectivity index (χ0) is 17.4. The number of ether oxygens (including phenoxy) is 1. The van der Waals surface area contributed by atoms with Gasteiger partial charge in [-0.15, -0.1) is 0 Å². The molecule has 0 aliphatic heterocycles. The van der Waals surface area contributed by atoms with Crippen LogP contribution in [-0.4, -0.2) is 24.5 Å². The van der Waals surface area contributed by atoms with Crippen LogP contribution < -0.4 is 5.32 Å². The summed E-state index contributed by atoms with van der Waals surface area (Å²) in [6.07, 6.45) is 0.498. The minimum Gasteiger partial charge on any atom is -0.464 e. The van der Waals surface area contributed by atoms with Gasteiger partial charge in [-0.25, -0.2) is 4.79 Å². The fourth-order valence-corrected chi connectivity index (χ4v) is 2.55. The summed E-state index contributed by atoms with van der Waals surface area (Å²) in [4.78, 5) is 24.4. The normalized spacial score (nSPS) is 11.6. The van der Waals surface area contributed by atoms with Crippen molar-refractivity contribution >= 4 is 23.5 Å². The molecule has 126 valence electrons. The Morgan fingerprint density at radius 3 is 2.42 bits per heavy atom. The Hall–Kier alpha value is -2.33. The summed E-state index contributed by atoms with van der Waals surface area (Å²) >= 11 is 6.08. The number of halogens is 1. The summed E-state index contributed by atoms with van der Waals surface area (Å²) in [6, 6.07) is 15.9. The summed E-state index contributed by atoms with van der Waals surface area (Å²) < 4.78 is 5.07. The molecule has 5 heteroatoms. The maximum Gasteiger partial charge on any atom is 0.328 e. The van der Waals surface area contributed by atoms with Gasteiger partial charge in [0.05, 0.1) is 13.0 Å². The Labute approximate surface area is 146 Å². The molecule has 0 radical (unpaired) electrons. The molecule has 0 bridgehead atoms. The molecule has 0 fully saturated rings. The van der Waals surface area contributed by atoms with Crippen molar-refractivity contribution in [3.05, 3.63) is 70.7 Å². The van der Waals surface area contributed by atoms with Gasteiger partial charge in [0.25, 0.3) is 0 Å². The summed E-state index contributed by atoms with van der Waals surface area (Å²) in [5.41, 5.74) is 1.67. The van der Waals surface area contributed by atoms with E-state index in [9.17, 15) is 9.59 Å². The predicted octanol–water partition coefficient (Wildman–Crippen LogP) is 3.17. The molecule has 0 saturated heterocycles. The van der Waals surface area contributed by atoms with Crippen LogP contribution in [0, 0.1) is 0 Å². The Kier molecular flexibility index (Phi) is 6.82. The lowest BCUT2D eigenvalue weighted by molar-refractivity contribution is -0.147. The Balaban J connectivity index is 2.05. The summed E-state index contributed by atoms with van der Waals surface area (Å²) in [5, 5.41) is 3.28. The van der Waals surface area contributed by atoms with E-state index in [1.165, 1.54) is 0 Å². The van der Waals surface area contributed by atoms with E-state index in [1.54, 1.807) is 25.1 Å². The molecule has 0 aromatic heterocycles. The first kappa shape index (κ1) is 18.0. The van der Waals surface area contributed by atoms with Gasteiger partial charge in [-0.2, -0.15) is 0 Å². The molecular formula is C19H20ClNO3. The Bertz CT molecular complexity index is 688. The standard InChI is InChI=1S/C19H20ClNO3/c1-2-24-19(23)17(12-14-8-4-3-5-9-14)21-18(22)13-15-10-6-7-11-16(15)20/h3-11,17H,2,12-13H2,1H3,(H,21,22)/t17-/m0/s1. The van der Waals surface area contributed by atoms with Crippen molar-refractivity contribution in [1.82, 2.24) is 5.32 Å². The molecule has 0 unspecified atom stereocenters. The maximum absolute atomic E-state index is 12.3. The molecular weight excluding hydrogens is 326 g/mol. The number of carbonyl (C=O) groups is 2. The van der Waals surface area contributed by atoms with E-state index in [2.05, 4.69) is 5.32 Å². The lowest BCUT2D eigenvalue weighted by Crippen LogP contribution is -2.44. The van der Waals surface area contributed by atoms with Crippen LogP contribution in [0.3, 0.4) is 0 Å². The number of rotatable bonds is 7. The lowest BCUT2D eigenvalue weighted by Gasteiger charge is -2.17. The van der Waals surface area contributed by atoms with E-state index in [0.29, 0.717) is 11.4 Å². The van der Waals surface area contributed by atoms with Crippen LogP contribution in [0.4, 0.5) is 0 Å². The molecule has 0 heterocycles. The van der Waals surface area contributed by atoms with Gasteiger partial charge < -0.3 is 10.1 Å². The summed E-state index contributed by atoms with van der Waals surface area (Å²) in [7, 11) is 0. The third-order valence-corrected chi connectivity index (χ3v) is 3.87. The molecule has 0 aliphatic rings. The molecule has 4 nitrogen and oxygen atoms in total. The highest BCUT2D eigenvalue weighted by molar-refractivity contribution is 6.31. The third kappa shape index (κ3) is 5.39. The van der Waals surface area contributed by atoms with Crippen LogP contribution in [0.25, 0.3) is 0 Å². The van der Waals surface area contributed by atoms with E-state index in [-0.39, 0.29) is 18.9 Å². The average Bonchev–Trinajstić information content (AvgIpc) is 2.57. The molecule has 2 aromatic rings. The molecule has 24 heavy (non-hydrogen) atoms. The van der Waals surface area contributed by atoms with Gasteiger partial charge in [0.1, 0.15) is 6.04 Å². The van der Waals surface area contributed by atoms with Crippen LogP contribution in [0.15, 0.2) is 54.6 Å². The fraction of sp³-hybridized carbons (Fsp3) is 0.263. The lowest BCUT2D eigenvalue weighted by atomic mass is 10.1. The number of esters is 1. The molecule has 1 amide bonds. The second-order valence-corrected chi connectivity index (χ2v) is 5.74. The number of hydrogen-bond acceptors (Lipinski definition) is 3. The molecule has 0 spiro atoms. The summed E-state index contributed by atoms with van der Waals surface area (Å²) in [6.45, 7) is 2.01. The molecule has 2 rings (SSSR count). The van der Waals surface area contributed by atoms with Crippen LogP contribution in [0.5, 0.6) is 0 Å². The van der Waals surface area contributed by atoms with Crippen LogP contribution in [0.1, 0.15) is 18.1 Å². The highest BCUT2D eigenvalue weighted by atomic mass is 35.5. The molecule has 1 atom stereocenters. The minimum atomic E-state index is -0.720. The van der Waals surface area contributed by atoms with Crippen molar-refractivity contribution in [2.24, 2.45) is 0 Å². The van der Waals surface area contributed by atoms with Gasteiger partial charge in [0, 0.05) is 11.4 Å². The van der Waals surface area contributed by atoms with E-state index >= 15 is 0 Å². The summed E-state index contributed by atoms with van der Waals surface area (Å²) in [5.74, 6) is -0.703. The molecule has 2 aromatic carbocycles. The first-order chi connectivity index (χ1) is 11.6. The average molecular weight is 346 g/mol. The first-order valence-corrected chi connectivity index (χ1v) is 8.21. The Morgan fingerprint density at radius 2 is 1.75 bits per heavy atom. The van der Waals surface area contributed by atoms with E-state index in [0.717, 1.165) is 11.1 Å².